The highest BCUT2D eigenvalue weighted by molar-refractivity contribution is 7.98. The number of rotatable bonds is 5. The molecule has 3 aromatic rings. The molecule has 1 amide bonds. The van der Waals surface area contributed by atoms with Crippen molar-refractivity contribution in [3.05, 3.63) is 93.5 Å². The summed E-state index contributed by atoms with van der Waals surface area (Å²) in [5.74, 6) is 0.684. The van der Waals surface area contributed by atoms with Crippen LogP contribution in [-0.4, -0.2) is 5.91 Å². The first-order chi connectivity index (χ1) is 12.5. The van der Waals surface area contributed by atoms with Gasteiger partial charge in [0.25, 0.3) is 5.91 Å². The first-order valence-electron chi connectivity index (χ1n) is 8.07. The Morgan fingerprint density at radius 3 is 2.35 bits per heavy atom. The van der Waals surface area contributed by atoms with Gasteiger partial charge in [0.05, 0.1) is 0 Å². The highest BCUT2D eigenvalue weighted by Crippen LogP contribution is 2.25. The standard InChI is InChI=1S/C21H17Cl2NOS/c1-14-19(23)3-2-4-20(14)24-21(25)16-7-5-15(6-8-16)13-26-18-11-9-17(22)10-12-18/h2-12H,13H2,1H3,(H,24,25). The number of hydrogen-bond donors (Lipinski definition) is 1. The Hall–Kier alpha value is -1.94. The van der Waals surface area contributed by atoms with E-state index >= 15 is 0 Å². The predicted octanol–water partition coefficient (Wildman–Crippen LogP) is 6.85. The summed E-state index contributed by atoms with van der Waals surface area (Å²) in [7, 11) is 0. The zero-order valence-electron chi connectivity index (χ0n) is 14.1. The van der Waals surface area contributed by atoms with Gasteiger partial charge in [0, 0.05) is 31.9 Å². The Kier molecular flexibility index (Phi) is 6.25. The van der Waals surface area contributed by atoms with Crippen LogP contribution in [0.1, 0.15) is 21.5 Å². The Morgan fingerprint density at radius 2 is 1.65 bits per heavy atom. The smallest absolute Gasteiger partial charge is 0.255 e. The van der Waals surface area contributed by atoms with Gasteiger partial charge in [0.15, 0.2) is 0 Å². The van der Waals surface area contributed by atoms with Crippen LogP contribution < -0.4 is 5.32 Å². The van der Waals surface area contributed by atoms with Gasteiger partial charge in [-0.05, 0) is 66.6 Å². The Balaban J connectivity index is 1.62. The normalized spacial score (nSPS) is 10.6. The Labute approximate surface area is 167 Å². The average molecular weight is 402 g/mol. The van der Waals surface area contributed by atoms with Gasteiger partial charge in [-0.1, -0.05) is 41.4 Å². The third-order valence-electron chi connectivity index (χ3n) is 3.95. The van der Waals surface area contributed by atoms with Crippen molar-refractivity contribution >= 4 is 46.6 Å². The van der Waals surface area contributed by atoms with Crippen LogP contribution in [0.4, 0.5) is 5.69 Å². The molecule has 0 unspecified atom stereocenters. The minimum Gasteiger partial charge on any atom is -0.322 e. The van der Waals surface area contributed by atoms with E-state index in [0.29, 0.717) is 10.6 Å². The first kappa shape index (κ1) is 18.8. The van der Waals surface area contributed by atoms with Crippen molar-refractivity contribution in [2.75, 3.05) is 5.32 Å². The lowest BCUT2D eigenvalue weighted by Gasteiger charge is -2.10. The number of anilines is 1. The summed E-state index contributed by atoms with van der Waals surface area (Å²) in [5.41, 5.74) is 3.36. The molecule has 1 N–H and O–H groups in total. The molecule has 26 heavy (non-hydrogen) atoms. The van der Waals surface area contributed by atoms with Gasteiger partial charge in [-0.15, -0.1) is 11.8 Å². The Bertz CT molecular complexity index is 908. The lowest BCUT2D eigenvalue weighted by Crippen LogP contribution is -2.12. The van der Waals surface area contributed by atoms with E-state index in [2.05, 4.69) is 5.32 Å². The van der Waals surface area contributed by atoms with E-state index in [9.17, 15) is 4.79 Å². The van der Waals surface area contributed by atoms with Crippen molar-refractivity contribution in [2.45, 2.75) is 17.6 Å². The number of benzene rings is 3. The van der Waals surface area contributed by atoms with Gasteiger partial charge in [-0.2, -0.15) is 0 Å². The van der Waals surface area contributed by atoms with Gasteiger partial charge in [-0.25, -0.2) is 0 Å². The molecule has 0 heterocycles. The van der Waals surface area contributed by atoms with E-state index in [1.54, 1.807) is 17.8 Å². The highest BCUT2D eigenvalue weighted by atomic mass is 35.5. The van der Waals surface area contributed by atoms with Crippen LogP contribution in [0.5, 0.6) is 0 Å². The van der Waals surface area contributed by atoms with Crippen LogP contribution in [0.25, 0.3) is 0 Å². The average Bonchev–Trinajstić information content (AvgIpc) is 2.65. The minimum atomic E-state index is -0.146. The van der Waals surface area contributed by atoms with Crippen LogP contribution in [0, 0.1) is 6.92 Å². The molecule has 0 saturated heterocycles. The summed E-state index contributed by atoms with van der Waals surface area (Å²) in [4.78, 5) is 13.6. The maximum Gasteiger partial charge on any atom is 0.255 e. The predicted molar refractivity (Wildman–Crippen MR) is 112 cm³/mol. The van der Waals surface area contributed by atoms with Crippen molar-refractivity contribution in [2.24, 2.45) is 0 Å². The quantitative estimate of drug-likeness (QED) is 0.473. The monoisotopic (exact) mass is 401 g/mol. The molecule has 0 spiro atoms. The second-order valence-electron chi connectivity index (χ2n) is 5.81. The molecule has 5 heteroatoms. The molecule has 0 fully saturated rings. The molecule has 0 radical (unpaired) electrons. The summed E-state index contributed by atoms with van der Waals surface area (Å²) >= 11 is 13.7. The molecule has 3 aromatic carbocycles. The number of thioether (sulfide) groups is 1. The summed E-state index contributed by atoms with van der Waals surface area (Å²) in [6.07, 6.45) is 0. The van der Waals surface area contributed by atoms with E-state index in [1.807, 2.05) is 67.6 Å². The molecule has 0 aromatic heterocycles. The molecule has 0 aliphatic heterocycles. The maximum atomic E-state index is 12.4. The molecule has 132 valence electrons. The maximum absolute atomic E-state index is 12.4. The van der Waals surface area contributed by atoms with Gasteiger partial charge >= 0.3 is 0 Å². The minimum absolute atomic E-state index is 0.146. The molecule has 2 nitrogen and oxygen atoms in total. The highest BCUT2D eigenvalue weighted by Gasteiger charge is 2.09. The number of hydrogen-bond acceptors (Lipinski definition) is 2. The summed E-state index contributed by atoms with van der Waals surface area (Å²) < 4.78 is 0. The lowest BCUT2D eigenvalue weighted by molar-refractivity contribution is 0.102. The van der Waals surface area contributed by atoms with Crippen molar-refractivity contribution < 1.29 is 4.79 Å². The van der Waals surface area contributed by atoms with Crippen LogP contribution in [-0.2, 0) is 5.75 Å². The second kappa shape index (κ2) is 8.63. The van der Waals surface area contributed by atoms with E-state index in [1.165, 1.54) is 0 Å². The van der Waals surface area contributed by atoms with Crippen LogP contribution in [0.15, 0.2) is 71.6 Å². The van der Waals surface area contributed by atoms with E-state index < -0.39 is 0 Å². The summed E-state index contributed by atoms with van der Waals surface area (Å²) in [6.45, 7) is 1.88. The zero-order chi connectivity index (χ0) is 18.5. The van der Waals surface area contributed by atoms with E-state index in [-0.39, 0.29) is 5.91 Å². The topological polar surface area (TPSA) is 29.1 Å². The second-order valence-corrected chi connectivity index (χ2v) is 7.70. The molecule has 0 bridgehead atoms. The molecule has 0 aliphatic carbocycles. The summed E-state index contributed by atoms with van der Waals surface area (Å²) in [6, 6.07) is 20.9. The molecular formula is C21H17Cl2NOS. The fourth-order valence-electron chi connectivity index (χ4n) is 2.39. The first-order valence-corrected chi connectivity index (χ1v) is 9.81. The van der Waals surface area contributed by atoms with Crippen molar-refractivity contribution in [1.82, 2.24) is 0 Å². The third-order valence-corrected chi connectivity index (χ3v) is 5.70. The number of halogens is 2. The number of carbonyl (C=O) groups is 1. The SMILES string of the molecule is Cc1c(Cl)cccc1NC(=O)c1ccc(CSc2ccc(Cl)cc2)cc1. The van der Waals surface area contributed by atoms with Crippen molar-refractivity contribution in [1.29, 1.82) is 0 Å². The third kappa shape index (κ3) is 4.82. The number of carbonyl (C=O) groups excluding carboxylic acids is 1. The molecule has 0 atom stereocenters. The largest absolute Gasteiger partial charge is 0.322 e. The molecule has 0 saturated carbocycles. The van der Waals surface area contributed by atoms with E-state index in [0.717, 1.165) is 32.5 Å². The van der Waals surface area contributed by atoms with Crippen molar-refractivity contribution in [3.8, 4) is 0 Å². The van der Waals surface area contributed by atoms with E-state index in [4.69, 9.17) is 23.2 Å². The van der Waals surface area contributed by atoms with Crippen LogP contribution in [0.3, 0.4) is 0 Å². The fraction of sp³-hybridized carbons (Fsp3) is 0.0952. The lowest BCUT2D eigenvalue weighted by atomic mass is 10.1. The van der Waals surface area contributed by atoms with Gasteiger partial charge < -0.3 is 5.32 Å². The van der Waals surface area contributed by atoms with Crippen LogP contribution in [0.2, 0.25) is 10.0 Å². The van der Waals surface area contributed by atoms with Crippen LogP contribution >= 0.6 is 35.0 Å². The molecular weight excluding hydrogens is 385 g/mol. The van der Waals surface area contributed by atoms with Gasteiger partial charge in [-0.3, -0.25) is 4.79 Å². The van der Waals surface area contributed by atoms with Gasteiger partial charge in [0.2, 0.25) is 0 Å². The fourth-order valence-corrected chi connectivity index (χ4v) is 3.54. The van der Waals surface area contributed by atoms with Gasteiger partial charge in [0.1, 0.15) is 0 Å². The number of amides is 1. The Morgan fingerprint density at radius 1 is 0.962 bits per heavy atom. The molecule has 3 rings (SSSR count). The zero-order valence-corrected chi connectivity index (χ0v) is 16.5. The number of nitrogens with one attached hydrogen (secondary N) is 1. The summed E-state index contributed by atoms with van der Waals surface area (Å²) in [5, 5.41) is 4.28. The van der Waals surface area contributed by atoms with Crippen molar-refractivity contribution in [3.63, 3.8) is 0 Å². The molecule has 0 aliphatic rings.